The van der Waals surface area contributed by atoms with Crippen LogP contribution in [0.2, 0.25) is 0 Å². The van der Waals surface area contributed by atoms with Crippen LogP contribution in [0.15, 0.2) is 138 Å². The van der Waals surface area contributed by atoms with E-state index in [1.54, 1.807) is 0 Å². The Labute approximate surface area is 402 Å². The van der Waals surface area contributed by atoms with Gasteiger partial charge in [-0.1, -0.05) is 141 Å². The SMILES string of the molecule is CC(C)(C)c1ccc(N2B3c4cc5c(cc4-n4c6cc7c(cc6c6c8c(oc9ccccc98)c(c3c64)-c3cc4c(cc32)sc2ccccc24)C(C)(C)CCC7(C)C)C(C)(C)c2ccccc2-5)cc1. The third kappa shape index (κ3) is 4.81. The van der Waals surface area contributed by atoms with E-state index in [0.717, 1.165) is 24.0 Å². The van der Waals surface area contributed by atoms with Gasteiger partial charge < -0.3 is 13.8 Å². The third-order valence-electron chi connectivity index (χ3n) is 17.4. The lowest BCUT2D eigenvalue weighted by molar-refractivity contribution is 0.332. The van der Waals surface area contributed by atoms with Crippen LogP contribution >= 0.6 is 11.3 Å². The second-order valence-electron chi connectivity index (χ2n) is 23.5. The summed E-state index contributed by atoms with van der Waals surface area (Å²) in [6.07, 6.45) is 2.32. The lowest BCUT2D eigenvalue weighted by Gasteiger charge is -2.43. The molecule has 5 heteroatoms. The Morgan fingerprint density at radius 1 is 0.574 bits per heavy atom. The van der Waals surface area contributed by atoms with Gasteiger partial charge in [0.1, 0.15) is 11.2 Å². The van der Waals surface area contributed by atoms with Gasteiger partial charge in [0, 0.05) is 75.3 Å². The van der Waals surface area contributed by atoms with Gasteiger partial charge in [0.15, 0.2) is 0 Å². The zero-order valence-corrected chi connectivity index (χ0v) is 41.2. The number of aromatic nitrogens is 1. The van der Waals surface area contributed by atoms with Gasteiger partial charge in [-0.15, -0.1) is 11.3 Å². The number of fused-ring (bicyclic) bond motifs is 20. The summed E-state index contributed by atoms with van der Waals surface area (Å²) in [7, 11) is 0. The number of anilines is 2. The molecule has 330 valence electrons. The van der Waals surface area contributed by atoms with E-state index in [-0.39, 0.29) is 28.5 Å². The Morgan fingerprint density at radius 2 is 1.28 bits per heavy atom. The van der Waals surface area contributed by atoms with E-state index in [1.807, 2.05) is 11.3 Å². The van der Waals surface area contributed by atoms with Crippen LogP contribution in [0.4, 0.5) is 11.4 Å². The van der Waals surface area contributed by atoms with Crippen molar-refractivity contribution >= 4 is 104 Å². The van der Waals surface area contributed by atoms with Gasteiger partial charge in [0.25, 0.3) is 0 Å². The molecule has 0 spiro atoms. The van der Waals surface area contributed by atoms with Crippen LogP contribution in [-0.4, -0.2) is 11.4 Å². The van der Waals surface area contributed by atoms with Crippen molar-refractivity contribution in [2.24, 2.45) is 0 Å². The first-order valence-corrected chi connectivity index (χ1v) is 25.6. The molecule has 0 unspecified atom stereocenters. The monoisotopic (exact) mass is 896 g/mol. The predicted molar refractivity (Wildman–Crippen MR) is 292 cm³/mol. The molecule has 2 aliphatic heterocycles. The molecular weight excluding hydrogens is 844 g/mol. The number of hydrogen-bond donors (Lipinski definition) is 0. The second-order valence-corrected chi connectivity index (χ2v) is 24.6. The molecule has 0 amide bonds. The maximum Gasteiger partial charge on any atom is 0.333 e. The smallest absolute Gasteiger partial charge is 0.333 e. The number of furan rings is 1. The summed E-state index contributed by atoms with van der Waals surface area (Å²) in [6.45, 7) is 21.5. The Balaban J connectivity index is 1.20. The average molecular weight is 897 g/mol. The van der Waals surface area contributed by atoms with E-state index in [9.17, 15) is 0 Å². The highest BCUT2D eigenvalue weighted by molar-refractivity contribution is 7.25. The van der Waals surface area contributed by atoms with Gasteiger partial charge in [-0.2, -0.15) is 0 Å². The summed E-state index contributed by atoms with van der Waals surface area (Å²) < 4.78 is 12.8. The van der Waals surface area contributed by atoms with Crippen molar-refractivity contribution in [3.8, 4) is 27.9 Å². The quantitative estimate of drug-likeness (QED) is 0.153. The first-order valence-electron chi connectivity index (χ1n) is 24.7. The molecule has 15 rings (SSSR count). The molecule has 5 heterocycles. The number of thiophene rings is 1. The number of para-hydroxylation sites is 1. The topological polar surface area (TPSA) is 21.3 Å². The van der Waals surface area contributed by atoms with Crippen LogP contribution in [0.5, 0.6) is 0 Å². The highest BCUT2D eigenvalue weighted by Gasteiger charge is 2.49. The molecule has 0 N–H and O–H groups in total. The zero-order valence-electron chi connectivity index (χ0n) is 40.4. The normalized spacial score (nSPS) is 17.1. The highest BCUT2D eigenvalue weighted by atomic mass is 32.1. The van der Waals surface area contributed by atoms with Crippen LogP contribution in [0.3, 0.4) is 0 Å². The molecular formula is C63H53BN2OS. The lowest BCUT2D eigenvalue weighted by atomic mass is 9.43. The third-order valence-corrected chi connectivity index (χ3v) is 18.5. The Kier molecular flexibility index (Phi) is 7.28. The summed E-state index contributed by atoms with van der Waals surface area (Å²) in [4.78, 5) is 2.72. The van der Waals surface area contributed by atoms with E-state index in [0.29, 0.717) is 0 Å². The van der Waals surface area contributed by atoms with E-state index >= 15 is 0 Å². The van der Waals surface area contributed by atoms with Crippen molar-refractivity contribution in [1.82, 2.24) is 4.57 Å². The van der Waals surface area contributed by atoms with Crippen LogP contribution in [-0.2, 0) is 21.7 Å². The molecule has 2 aliphatic carbocycles. The van der Waals surface area contributed by atoms with Crippen molar-refractivity contribution in [3.63, 3.8) is 0 Å². The molecule has 0 atom stereocenters. The van der Waals surface area contributed by atoms with Crippen molar-refractivity contribution in [1.29, 1.82) is 0 Å². The summed E-state index contributed by atoms with van der Waals surface area (Å²) >= 11 is 1.90. The van der Waals surface area contributed by atoms with Crippen molar-refractivity contribution in [2.75, 3.05) is 4.81 Å². The molecule has 8 aromatic carbocycles. The summed E-state index contributed by atoms with van der Waals surface area (Å²) in [6, 6.07) is 52.0. The Bertz CT molecular complexity index is 4110. The first-order chi connectivity index (χ1) is 32.6. The van der Waals surface area contributed by atoms with Crippen molar-refractivity contribution < 1.29 is 4.42 Å². The molecule has 0 fully saturated rings. The standard InChI is InChI=1S/C63H53BN2OS/c1-60(2,3)34-22-24-35(25-23-34)66-49-33-53-40(37-17-12-15-21-52(37)68-53)28-41(49)56-57-58-54(55-38-18-11-14-20-51(38)67-59(55)56)42-29-45-46(62(6,7)27-26-61(45,4)5)32-48(42)65(58)50-31-44-39(30-47(50)64(57)66)36-16-10-13-19-43(36)63(44,8)9/h10-25,28-33H,26-27H2,1-9H3. The van der Waals surface area contributed by atoms with E-state index < -0.39 is 0 Å². The minimum Gasteiger partial charge on any atom is -0.455 e. The summed E-state index contributed by atoms with van der Waals surface area (Å²) in [5.74, 6) is 0. The molecule has 68 heavy (non-hydrogen) atoms. The molecule has 3 aromatic heterocycles. The van der Waals surface area contributed by atoms with E-state index in [1.165, 1.54) is 131 Å². The van der Waals surface area contributed by atoms with Gasteiger partial charge in [-0.25, -0.2) is 0 Å². The first kappa shape index (κ1) is 39.4. The van der Waals surface area contributed by atoms with Crippen LogP contribution in [0.25, 0.3) is 91.9 Å². The second kappa shape index (κ2) is 12.6. The van der Waals surface area contributed by atoms with Gasteiger partial charge in [0.2, 0.25) is 0 Å². The van der Waals surface area contributed by atoms with Crippen LogP contribution in [0, 0.1) is 0 Å². The fraction of sp³-hybridized carbons (Fsp3) is 0.238. The maximum atomic E-state index is 7.42. The lowest BCUT2D eigenvalue weighted by Crippen LogP contribution is -2.60. The average Bonchev–Trinajstić information content (AvgIpc) is 4.05. The molecule has 11 aromatic rings. The number of rotatable bonds is 1. The maximum absolute atomic E-state index is 7.42. The van der Waals surface area contributed by atoms with Crippen molar-refractivity contribution in [2.45, 2.75) is 96.8 Å². The molecule has 4 aliphatic rings. The van der Waals surface area contributed by atoms with Gasteiger partial charge >= 0.3 is 6.85 Å². The van der Waals surface area contributed by atoms with Crippen molar-refractivity contribution in [3.05, 3.63) is 161 Å². The number of hydrogen-bond acceptors (Lipinski definition) is 3. The number of benzene rings is 8. The van der Waals surface area contributed by atoms with Gasteiger partial charge in [0.05, 0.1) is 11.0 Å². The minimum absolute atomic E-state index is 0.0225. The number of nitrogens with zero attached hydrogens (tertiary/aromatic N) is 2. The fourth-order valence-electron chi connectivity index (χ4n) is 13.6. The summed E-state index contributed by atoms with van der Waals surface area (Å²) in [5, 5.41) is 7.65. The molecule has 0 radical (unpaired) electrons. The van der Waals surface area contributed by atoms with Crippen LogP contribution in [0.1, 0.15) is 103 Å². The Morgan fingerprint density at radius 3 is 2.06 bits per heavy atom. The van der Waals surface area contributed by atoms with Gasteiger partial charge in [-0.3, -0.25) is 0 Å². The van der Waals surface area contributed by atoms with Gasteiger partial charge in [-0.05, 0) is 134 Å². The molecule has 0 saturated carbocycles. The molecule has 0 bridgehead atoms. The van der Waals surface area contributed by atoms with Crippen LogP contribution < -0.4 is 15.7 Å². The predicted octanol–water partition coefficient (Wildman–Crippen LogP) is 16.2. The zero-order chi connectivity index (χ0) is 46.1. The Hall–Kier alpha value is -6.56. The minimum atomic E-state index is -0.168. The van der Waals surface area contributed by atoms with E-state index in [2.05, 4.69) is 205 Å². The largest absolute Gasteiger partial charge is 0.455 e. The highest BCUT2D eigenvalue weighted by Crippen LogP contribution is 2.56. The molecule has 3 nitrogen and oxygen atoms in total. The fourth-order valence-corrected chi connectivity index (χ4v) is 14.8. The molecule has 0 saturated heterocycles. The van der Waals surface area contributed by atoms with E-state index in [4.69, 9.17) is 4.42 Å². The summed E-state index contributed by atoms with van der Waals surface area (Å²) in [5.41, 5.74) is 23.1.